The van der Waals surface area contributed by atoms with Crippen molar-refractivity contribution in [2.45, 2.75) is 45.8 Å². The summed E-state index contributed by atoms with van der Waals surface area (Å²) in [5.41, 5.74) is 1.99. The van der Waals surface area contributed by atoms with Gasteiger partial charge in [-0.2, -0.15) is 4.36 Å². The molecule has 0 saturated carbocycles. The largest absolute Gasteiger partial charge is 0.486 e. The Balaban J connectivity index is 1.38. The summed E-state index contributed by atoms with van der Waals surface area (Å²) in [5.74, 6) is 1.03. The highest BCUT2D eigenvalue weighted by atomic mass is 32.2. The molecule has 5 rings (SSSR count). The number of anilines is 2. The number of fused-ring (bicyclic) bond motifs is 1. The van der Waals surface area contributed by atoms with Gasteiger partial charge in [-0.3, -0.25) is 0 Å². The van der Waals surface area contributed by atoms with Gasteiger partial charge in [0.25, 0.3) is 0 Å². The number of halogens is 1. The molecule has 12 heteroatoms. The highest BCUT2D eigenvalue weighted by Crippen LogP contribution is 2.35. The number of carbonyl (C=O) groups excluding carboxylic acids is 1. The van der Waals surface area contributed by atoms with Crippen molar-refractivity contribution in [3.8, 4) is 5.75 Å². The van der Waals surface area contributed by atoms with Gasteiger partial charge in [-0.15, -0.1) is 0 Å². The van der Waals surface area contributed by atoms with Crippen molar-refractivity contribution in [3.63, 3.8) is 0 Å². The molecule has 0 unspecified atom stereocenters. The first kappa shape index (κ1) is 28.0. The van der Waals surface area contributed by atoms with Crippen LogP contribution in [0.2, 0.25) is 0 Å². The number of rotatable bonds is 5. The lowest BCUT2D eigenvalue weighted by atomic mass is 10.1. The van der Waals surface area contributed by atoms with Crippen LogP contribution in [-0.4, -0.2) is 74.7 Å². The molecule has 0 radical (unpaired) electrons. The highest BCUT2D eigenvalue weighted by Gasteiger charge is 2.28. The van der Waals surface area contributed by atoms with Crippen molar-refractivity contribution in [2.75, 3.05) is 43.1 Å². The van der Waals surface area contributed by atoms with E-state index in [1.54, 1.807) is 17.0 Å². The van der Waals surface area contributed by atoms with E-state index in [1.165, 1.54) is 18.5 Å². The Morgan fingerprint density at radius 2 is 1.98 bits per heavy atom. The second-order valence-electron chi connectivity index (χ2n) is 11.0. The Morgan fingerprint density at radius 1 is 1.20 bits per heavy atom. The smallest absolute Gasteiger partial charge is 0.410 e. The van der Waals surface area contributed by atoms with Gasteiger partial charge in [0.2, 0.25) is 0 Å². The first-order valence-electron chi connectivity index (χ1n) is 13.2. The maximum atomic E-state index is 14.0. The normalized spacial score (nSPS) is 18.9. The summed E-state index contributed by atoms with van der Waals surface area (Å²) in [6.45, 7) is 9.06. The van der Waals surface area contributed by atoms with E-state index < -0.39 is 27.2 Å². The van der Waals surface area contributed by atoms with Crippen LogP contribution in [0.1, 0.15) is 32.8 Å². The monoisotopic (exact) mass is 571 g/mol. The van der Waals surface area contributed by atoms with Crippen LogP contribution in [0.3, 0.4) is 0 Å². The molecule has 3 aromatic rings. The fourth-order valence-electron chi connectivity index (χ4n) is 4.64. The zero-order valence-corrected chi connectivity index (χ0v) is 23.9. The van der Waals surface area contributed by atoms with Crippen molar-refractivity contribution in [2.24, 2.45) is 4.36 Å². The minimum absolute atomic E-state index is 0.145. The molecule has 1 atom stereocenters. The Bertz CT molecular complexity index is 1530. The van der Waals surface area contributed by atoms with E-state index >= 15 is 0 Å². The number of benzene rings is 2. The molecule has 0 bridgehead atoms. The molecular formula is C28H34FN5O5S. The molecule has 0 aliphatic carbocycles. The van der Waals surface area contributed by atoms with Crippen LogP contribution in [0.15, 0.2) is 41.0 Å². The molecule has 3 heterocycles. The third kappa shape index (κ3) is 6.61. The van der Waals surface area contributed by atoms with E-state index in [0.717, 1.165) is 17.4 Å². The van der Waals surface area contributed by atoms with Gasteiger partial charge in [0.1, 0.15) is 35.4 Å². The highest BCUT2D eigenvalue weighted by molar-refractivity contribution is 7.93. The number of carbonyl (C=O) groups is 1. The number of aromatic nitrogens is 2. The van der Waals surface area contributed by atoms with Gasteiger partial charge in [-0.05, 0) is 57.5 Å². The molecule has 2 aromatic carbocycles. The predicted octanol–water partition coefficient (Wildman–Crippen LogP) is 5.34. The molecule has 1 N–H and O–H groups in total. The van der Waals surface area contributed by atoms with Crippen molar-refractivity contribution >= 4 is 43.9 Å². The zero-order chi connectivity index (χ0) is 28.5. The first-order valence-corrected chi connectivity index (χ1v) is 15.1. The number of amides is 1. The molecule has 1 amide bonds. The zero-order valence-electron chi connectivity index (χ0n) is 23.1. The van der Waals surface area contributed by atoms with E-state index in [-0.39, 0.29) is 17.6 Å². The van der Waals surface area contributed by atoms with Crippen LogP contribution in [-0.2, 0) is 19.2 Å². The molecule has 10 nitrogen and oxygen atoms in total. The van der Waals surface area contributed by atoms with Gasteiger partial charge in [0, 0.05) is 42.5 Å². The topological polar surface area (TPSA) is 115 Å². The lowest BCUT2D eigenvalue weighted by Crippen LogP contribution is -2.45. The van der Waals surface area contributed by atoms with E-state index in [0.29, 0.717) is 54.8 Å². The van der Waals surface area contributed by atoms with Crippen LogP contribution >= 0.6 is 0 Å². The number of nitrogens with zero attached hydrogens (tertiary/aromatic N) is 4. The average molecular weight is 572 g/mol. The average Bonchev–Trinajstić information content (AvgIpc) is 3.38. The maximum absolute atomic E-state index is 14.0. The van der Waals surface area contributed by atoms with E-state index in [1.807, 2.05) is 33.8 Å². The summed E-state index contributed by atoms with van der Waals surface area (Å²) in [5, 5.41) is 4.04. The van der Waals surface area contributed by atoms with Crippen LogP contribution in [0.25, 0.3) is 10.9 Å². The summed E-state index contributed by atoms with van der Waals surface area (Å²) in [4.78, 5) is 22.8. The minimum atomic E-state index is -2.56. The Kier molecular flexibility index (Phi) is 7.83. The minimum Gasteiger partial charge on any atom is -0.486 e. The third-order valence-corrected chi connectivity index (χ3v) is 8.77. The van der Waals surface area contributed by atoms with Gasteiger partial charge in [0.15, 0.2) is 0 Å². The summed E-state index contributed by atoms with van der Waals surface area (Å²) >= 11 is 0. The number of aryl methyl sites for hydroxylation is 1. The van der Waals surface area contributed by atoms with Crippen LogP contribution in [0, 0.1) is 12.7 Å². The SMILES string of the molecule is Cc1cc(N=S2(=O)CCN(C(=O)OC(C)(C)C)CC2)cc2ncnc(Nc3ccc(F)cc3O[C@H]3CCOC3)c12. The molecule has 214 valence electrons. The van der Waals surface area contributed by atoms with Crippen molar-refractivity contribution in [1.29, 1.82) is 0 Å². The lowest BCUT2D eigenvalue weighted by molar-refractivity contribution is 0.0268. The summed E-state index contributed by atoms with van der Waals surface area (Å²) in [6.07, 6.45) is 1.62. The first-order chi connectivity index (χ1) is 19.0. The van der Waals surface area contributed by atoms with Crippen LogP contribution < -0.4 is 10.1 Å². The number of hydrogen-bond acceptors (Lipinski definition) is 9. The molecule has 0 spiro atoms. The Morgan fingerprint density at radius 3 is 2.67 bits per heavy atom. The Labute approximate surface area is 233 Å². The molecule has 2 fully saturated rings. The molecule has 1 aromatic heterocycles. The molecule has 2 aliphatic rings. The van der Waals surface area contributed by atoms with Gasteiger partial charge in [-0.25, -0.2) is 23.4 Å². The van der Waals surface area contributed by atoms with Gasteiger partial charge in [-0.1, -0.05) is 0 Å². The summed E-state index contributed by atoms with van der Waals surface area (Å²) in [7, 11) is -2.56. The van der Waals surface area contributed by atoms with Crippen LogP contribution in [0.4, 0.5) is 26.4 Å². The van der Waals surface area contributed by atoms with Gasteiger partial charge >= 0.3 is 6.09 Å². The fourth-order valence-corrected chi connectivity index (χ4v) is 6.53. The number of nitrogens with one attached hydrogen (secondary N) is 1. The quantitative estimate of drug-likeness (QED) is 0.437. The molecular weight excluding hydrogens is 537 g/mol. The lowest BCUT2D eigenvalue weighted by Gasteiger charge is -2.31. The predicted molar refractivity (Wildman–Crippen MR) is 152 cm³/mol. The second kappa shape index (κ2) is 11.2. The standard InChI is InChI=1S/C28H34FN5O5S/c1-18-13-20(33-40(36)11-8-34(9-12-40)27(35)39-28(2,3)4)15-23-25(18)26(31-17-30-23)32-22-6-5-19(29)14-24(22)38-21-7-10-37-16-21/h5-6,13-15,17,21H,7-12,16H2,1-4H3,(H,30,31,32)/t21-/m0/s1. The van der Waals surface area contributed by atoms with Gasteiger partial charge in [0.05, 0.1) is 39.8 Å². The van der Waals surface area contributed by atoms with Gasteiger partial charge < -0.3 is 24.4 Å². The van der Waals surface area contributed by atoms with E-state index in [9.17, 15) is 13.4 Å². The van der Waals surface area contributed by atoms with Crippen molar-refractivity contribution < 1.29 is 27.6 Å². The summed E-state index contributed by atoms with van der Waals surface area (Å²) < 4.78 is 49.0. The van der Waals surface area contributed by atoms with E-state index in [2.05, 4.69) is 19.6 Å². The van der Waals surface area contributed by atoms with Crippen molar-refractivity contribution in [3.05, 3.63) is 48.0 Å². The fraction of sp³-hybridized carbons (Fsp3) is 0.464. The summed E-state index contributed by atoms with van der Waals surface area (Å²) in [6, 6.07) is 7.94. The molecule has 2 saturated heterocycles. The molecule has 2 aliphatic heterocycles. The van der Waals surface area contributed by atoms with Crippen molar-refractivity contribution in [1.82, 2.24) is 14.9 Å². The Hall–Kier alpha value is -3.51. The third-order valence-electron chi connectivity index (χ3n) is 6.58. The number of hydrogen-bond donors (Lipinski definition) is 1. The number of ether oxygens (including phenoxy) is 3. The maximum Gasteiger partial charge on any atom is 0.410 e. The second-order valence-corrected chi connectivity index (χ2v) is 13.5. The van der Waals surface area contributed by atoms with E-state index in [4.69, 9.17) is 14.2 Å². The molecule has 40 heavy (non-hydrogen) atoms. The van der Waals surface area contributed by atoms with Crippen LogP contribution in [0.5, 0.6) is 5.75 Å².